The maximum absolute atomic E-state index is 11.8. The van der Waals surface area contributed by atoms with Crippen molar-refractivity contribution in [2.45, 2.75) is 25.8 Å². The Balaban J connectivity index is 2.33. The van der Waals surface area contributed by atoms with Gasteiger partial charge in [-0.15, -0.1) is 0 Å². The number of likely N-dealkylation sites (N-methyl/N-ethyl adjacent to an activating group) is 1. The summed E-state index contributed by atoms with van der Waals surface area (Å²) in [5.41, 5.74) is 0. The van der Waals surface area contributed by atoms with E-state index in [4.69, 9.17) is 10.00 Å². The number of nitriles is 1. The Morgan fingerprint density at radius 2 is 2.47 bits per heavy atom. The molecular weight excluding hydrogens is 192 g/mol. The van der Waals surface area contributed by atoms with Gasteiger partial charge in [0.25, 0.3) is 0 Å². The molecule has 1 saturated heterocycles. The van der Waals surface area contributed by atoms with E-state index in [1.54, 1.807) is 0 Å². The Kier molecular flexibility index (Phi) is 4.73. The Labute approximate surface area is 90.8 Å². The average Bonchev–Trinajstić information content (AvgIpc) is 2.70. The maximum atomic E-state index is 11.8. The van der Waals surface area contributed by atoms with Crippen LogP contribution in [-0.2, 0) is 9.53 Å². The van der Waals surface area contributed by atoms with Gasteiger partial charge >= 0.3 is 0 Å². The molecule has 0 aliphatic carbocycles. The van der Waals surface area contributed by atoms with E-state index in [-0.39, 0.29) is 17.7 Å². The standard InChI is InChI=1S/C11H18N2O2/c1-9(3-5-12)13(2)7-11(14)10-4-6-15-8-10/h9-10H,3-4,6-8H2,1-2H3. The van der Waals surface area contributed by atoms with Crippen LogP contribution in [0.25, 0.3) is 0 Å². The molecule has 4 heteroatoms. The van der Waals surface area contributed by atoms with Crippen LogP contribution >= 0.6 is 0 Å². The van der Waals surface area contributed by atoms with Crippen LogP contribution < -0.4 is 0 Å². The van der Waals surface area contributed by atoms with E-state index in [0.717, 1.165) is 6.42 Å². The zero-order valence-electron chi connectivity index (χ0n) is 9.40. The Morgan fingerprint density at radius 3 is 3.00 bits per heavy atom. The van der Waals surface area contributed by atoms with E-state index in [1.165, 1.54) is 0 Å². The third kappa shape index (κ3) is 3.61. The number of ether oxygens (including phenoxy) is 1. The van der Waals surface area contributed by atoms with Crippen molar-refractivity contribution in [1.82, 2.24) is 4.90 Å². The normalized spacial score (nSPS) is 22.7. The highest BCUT2D eigenvalue weighted by atomic mass is 16.5. The van der Waals surface area contributed by atoms with Crippen molar-refractivity contribution in [3.8, 4) is 6.07 Å². The summed E-state index contributed by atoms with van der Waals surface area (Å²) in [6.07, 6.45) is 1.31. The summed E-state index contributed by atoms with van der Waals surface area (Å²) in [5.74, 6) is 0.307. The molecule has 0 radical (unpaired) electrons. The van der Waals surface area contributed by atoms with Crippen molar-refractivity contribution in [1.29, 1.82) is 5.26 Å². The van der Waals surface area contributed by atoms with Gasteiger partial charge in [-0.05, 0) is 20.4 Å². The summed E-state index contributed by atoms with van der Waals surface area (Å²) in [5, 5.41) is 8.55. The zero-order chi connectivity index (χ0) is 11.3. The van der Waals surface area contributed by atoms with E-state index in [9.17, 15) is 4.79 Å². The summed E-state index contributed by atoms with van der Waals surface area (Å²) >= 11 is 0. The lowest BCUT2D eigenvalue weighted by atomic mass is 10.0. The number of Topliss-reactive ketones (excluding diaryl/α,β-unsaturated/α-hetero) is 1. The van der Waals surface area contributed by atoms with Gasteiger partial charge in [-0.25, -0.2) is 0 Å². The topological polar surface area (TPSA) is 53.3 Å². The number of hydrogen-bond donors (Lipinski definition) is 0. The molecule has 0 bridgehead atoms. The predicted molar refractivity (Wildman–Crippen MR) is 56.3 cm³/mol. The number of carbonyl (C=O) groups is 1. The molecule has 1 fully saturated rings. The summed E-state index contributed by atoms with van der Waals surface area (Å²) in [7, 11) is 1.88. The molecule has 0 aromatic heterocycles. The molecule has 0 N–H and O–H groups in total. The molecule has 0 spiro atoms. The van der Waals surface area contributed by atoms with Gasteiger partial charge < -0.3 is 4.74 Å². The highest BCUT2D eigenvalue weighted by molar-refractivity contribution is 5.83. The van der Waals surface area contributed by atoms with Crippen LogP contribution in [0.4, 0.5) is 0 Å². The molecule has 4 nitrogen and oxygen atoms in total. The van der Waals surface area contributed by atoms with E-state index in [1.807, 2.05) is 18.9 Å². The minimum atomic E-state index is 0.0711. The van der Waals surface area contributed by atoms with Gasteiger partial charge in [-0.2, -0.15) is 5.26 Å². The first-order valence-corrected chi connectivity index (χ1v) is 5.32. The second-order valence-electron chi connectivity index (χ2n) is 4.15. The van der Waals surface area contributed by atoms with E-state index >= 15 is 0 Å². The van der Waals surface area contributed by atoms with Crippen molar-refractivity contribution in [3.05, 3.63) is 0 Å². The van der Waals surface area contributed by atoms with Gasteiger partial charge in [-0.1, -0.05) is 0 Å². The van der Waals surface area contributed by atoms with Crippen LogP contribution in [0.15, 0.2) is 0 Å². The van der Waals surface area contributed by atoms with Crippen molar-refractivity contribution in [2.24, 2.45) is 5.92 Å². The minimum absolute atomic E-state index is 0.0711. The first-order valence-electron chi connectivity index (χ1n) is 5.32. The fourth-order valence-electron chi connectivity index (χ4n) is 1.61. The highest BCUT2D eigenvalue weighted by Gasteiger charge is 2.25. The smallest absolute Gasteiger partial charge is 0.152 e. The predicted octanol–water partition coefficient (Wildman–Crippen LogP) is 0.826. The number of rotatable bonds is 5. The molecule has 84 valence electrons. The third-order valence-corrected chi connectivity index (χ3v) is 2.93. The number of ketones is 1. The van der Waals surface area contributed by atoms with Crippen LogP contribution in [0.5, 0.6) is 0 Å². The molecule has 1 aliphatic heterocycles. The van der Waals surface area contributed by atoms with Crippen LogP contribution in [-0.4, -0.2) is 43.5 Å². The molecule has 0 saturated carbocycles. The van der Waals surface area contributed by atoms with Gasteiger partial charge in [0.1, 0.15) is 0 Å². The number of carbonyl (C=O) groups excluding carboxylic acids is 1. The number of nitrogens with zero attached hydrogens (tertiary/aromatic N) is 2. The van der Waals surface area contributed by atoms with Crippen LogP contribution in [0.2, 0.25) is 0 Å². The van der Waals surface area contributed by atoms with E-state index < -0.39 is 0 Å². The monoisotopic (exact) mass is 210 g/mol. The molecule has 1 aliphatic rings. The fourth-order valence-corrected chi connectivity index (χ4v) is 1.61. The van der Waals surface area contributed by atoms with Gasteiger partial charge in [0.05, 0.1) is 25.6 Å². The lowest BCUT2D eigenvalue weighted by Crippen LogP contribution is -2.36. The molecule has 0 amide bonds. The van der Waals surface area contributed by atoms with Gasteiger partial charge in [0.2, 0.25) is 0 Å². The van der Waals surface area contributed by atoms with E-state index in [2.05, 4.69) is 6.07 Å². The highest BCUT2D eigenvalue weighted by Crippen LogP contribution is 2.14. The summed E-state index contributed by atoms with van der Waals surface area (Å²) in [6, 6.07) is 2.25. The lowest BCUT2D eigenvalue weighted by Gasteiger charge is -2.22. The summed E-state index contributed by atoms with van der Waals surface area (Å²) < 4.78 is 5.18. The lowest BCUT2D eigenvalue weighted by molar-refractivity contribution is -0.124. The first kappa shape index (κ1) is 12.2. The van der Waals surface area contributed by atoms with Crippen molar-refractivity contribution in [2.75, 3.05) is 26.8 Å². The number of hydrogen-bond acceptors (Lipinski definition) is 4. The SMILES string of the molecule is CC(CC#N)N(C)CC(=O)C1CCOC1. The molecule has 1 heterocycles. The molecule has 0 aromatic rings. The molecule has 0 aromatic carbocycles. The second-order valence-corrected chi connectivity index (χ2v) is 4.15. The average molecular weight is 210 g/mol. The van der Waals surface area contributed by atoms with Gasteiger partial charge in [0, 0.05) is 18.6 Å². The first-order chi connectivity index (χ1) is 7.15. The fraction of sp³-hybridized carbons (Fsp3) is 0.818. The molecule has 2 unspecified atom stereocenters. The molecule has 15 heavy (non-hydrogen) atoms. The van der Waals surface area contributed by atoms with E-state index in [0.29, 0.717) is 26.2 Å². The van der Waals surface area contributed by atoms with Crippen LogP contribution in [0, 0.1) is 17.2 Å². The van der Waals surface area contributed by atoms with Crippen molar-refractivity contribution >= 4 is 5.78 Å². The quantitative estimate of drug-likeness (QED) is 0.674. The molecule has 2 atom stereocenters. The van der Waals surface area contributed by atoms with Crippen molar-refractivity contribution in [3.63, 3.8) is 0 Å². The Morgan fingerprint density at radius 1 is 1.73 bits per heavy atom. The van der Waals surface area contributed by atoms with Crippen molar-refractivity contribution < 1.29 is 9.53 Å². The maximum Gasteiger partial charge on any atom is 0.152 e. The minimum Gasteiger partial charge on any atom is -0.381 e. The second kappa shape index (κ2) is 5.84. The summed E-state index contributed by atoms with van der Waals surface area (Å²) in [6.45, 7) is 3.66. The van der Waals surface area contributed by atoms with Crippen LogP contribution in [0.3, 0.4) is 0 Å². The zero-order valence-corrected chi connectivity index (χ0v) is 9.40. The molecular formula is C11H18N2O2. The van der Waals surface area contributed by atoms with Crippen LogP contribution in [0.1, 0.15) is 19.8 Å². The van der Waals surface area contributed by atoms with Gasteiger partial charge in [-0.3, -0.25) is 9.69 Å². The largest absolute Gasteiger partial charge is 0.381 e. The Hall–Kier alpha value is -0.920. The van der Waals surface area contributed by atoms with Gasteiger partial charge in [0.15, 0.2) is 5.78 Å². The Bertz CT molecular complexity index is 254. The molecule has 1 rings (SSSR count). The third-order valence-electron chi connectivity index (χ3n) is 2.93. The summed E-state index contributed by atoms with van der Waals surface area (Å²) in [4.78, 5) is 13.7.